The second kappa shape index (κ2) is 7.96. The first-order chi connectivity index (χ1) is 11.9. The Morgan fingerprint density at radius 1 is 1.04 bits per heavy atom. The zero-order valence-corrected chi connectivity index (χ0v) is 16.3. The predicted octanol–water partition coefficient (Wildman–Crippen LogP) is 3.85. The van der Waals surface area contributed by atoms with Crippen LogP contribution in [0.15, 0.2) is 12.1 Å². The minimum atomic E-state index is 0.290. The summed E-state index contributed by atoms with van der Waals surface area (Å²) in [5.74, 6) is 0.765. The molecule has 0 radical (unpaired) electrons. The molecule has 1 saturated carbocycles. The highest BCUT2D eigenvalue weighted by Crippen LogP contribution is 2.31. The molecule has 1 aliphatic heterocycles. The van der Waals surface area contributed by atoms with Crippen LogP contribution in [0.1, 0.15) is 50.7 Å². The maximum absolute atomic E-state index is 6.02. The molecule has 1 aliphatic carbocycles. The van der Waals surface area contributed by atoms with Crippen molar-refractivity contribution in [1.29, 1.82) is 0 Å². The fourth-order valence-electron chi connectivity index (χ4n) is 4.57. The van der Waals surface area contributed by atoms with Gasteiger partial charge in [0.1, 0.15) is 0 Å². The molecule has 0 spiro atoms. The number of nitrogens with one attached hydrogen (secondary N) is 1. The second-order valence-corrected chi connectivity index (χ2v) is 8.28. The number of morpholine rings is 1. The van der Waals surface area contributed by atoms with Gasteiger partial charge in [0.25, 0.3) is 0 Å². The predicted molar refractivity (Wildman–Crippen MR) is 107 cm³/mol. The van der Waals surface area contributed by atoms with Crippen LogP contribution in [0.4, 0.5) is 11.4 Å². The first-order valence-electron chi connectivity index (χ1n) is 9.93. The SMILES string of the molecule is Cc1cc(NCC2CCC(N)CC2)cc(C)c1N1CC(C)OC(C)C1. The van der Waals surface area contributed by atoms with Crippen LogP contribution < -0.4 is 16.0 Å². The standard InChI is InChI=1S/C21H35N3O/c1-14-9-20(23-11-18-5-7-19(22)8-6-18)10-15(2)21(14)24-12-16(3)25-17(4)13-24/h9-10,16-19,23H,5-8,11-13,22H2,1-4H3. The van der Waals surface area contributed by atoms with E-state index in [1.807, 2.05) is 0 Å². The lowest BCUT2D eigenvalue weighted by atomic mass is 9.86. The van der Waals surface area contributed by atoms with Gasteiger partial charge < -0.3 is 20.7 Å². The average molecular weight is 346 g/mol. The number of aryl methyl sites for hydroxylation is 2. The Hall–Kier alpha value is -1.26. The zero-order chi connectivity index (χ0) is 18.0. The maximum atomic E-state index is 6.02. The Bertz CT molecular complexity index is 547. The average Bonchev–Trinajstić information content (AvgIpc) is 2.53. The molecule has 0 amide bonds. The van der Waals surface area contributed by atoms with Gasteiger partial charge in [0.15, 0.2) is 0 Å². The molecule has 1 heterocycles. The van der Waals surface area contributed by atoms with E-state index >= 15 is 0 Å². The molecule has 3 N–H and O–H groups in total. The van der Waals surface area contributed by atoms with Crippen molar-refractivity contribution in [2.75, 3.05) is 29.9 Å². The minimum absolute atomic E-state index is 0.290. The fourth-order valence-corrected chi connectivity index (χ4v) is 4.57. The number of rotatable bonds is 4. The molecule has 4 nitrogen and oxygen atoms in total. The summed E-state index contributed by atoms with van der Waals surface area (Å²) in [5.41, 5.74) is 11.4. The van der Waals surface area contributed by atoms with Gasteiger partial charge in [-0.15, -0.1) is 0 Å². The fraction of sp³-hybridized carbons (Fsp3) is 0.714. The molecule has 3 rings (SSSR count). The molecule has 2 fully saturated rings. The molecule has 4 heteroatoms. The van der Waals surface area contributed by atoms with Gasteiger partial charge in [-0.25, -0.2) is 0 Å². The van der Waals surface area contributed by atoms with Crippen LogP contribution in [-0.2, 0) is 4.74 Å². The van der Waals surface area contributed by atoms with Crippen molar-refractivity contribution >= 4 is 11.4 Å². The van der Waals surface area contributed by atoms with E-state index in [0.29, 0.717) is 6.04 Å². The highest BCUT2D eigenvalue weighted by molar-refractivity contribution is 5.66. The van der Waals surface area contributed by atoms with Crippen LogP contribution in [0, 0.1) is 19.8 Å². The second-order valence-electron chi connectivity index (χ2n) is 8.28. The number of ether oxygens (including phenoxy) is 1. The number of nitrogens with zero attached hydrogens (tertiary/aromatic N) is 1. The molecule has 2 unspecified atom stereocenters. The van der Waals surface area contributed by atoms with Gasteiger partial charge in [0, 0.05) is 37.1 Å². The largest absolute Gasteiger partial charge is 0.385 e. The van der Waals surface area contributed by atoms with Crippen molar-refractivity contribution in [1.82, 2.24) is 0 Å². The minimum Gasteiger partial charge on any atom is -0.385 e. The maximum Gasteiger partial charge on any atom is 0.0726 e. The summed E-state index contributed by atoms with van der Waals surface area (Å²) in [4.78, 5) is 2.50. The van der Waals surface area contributed by atoms with E-state index in [1.165, 1.54) is 48.2 Å². The van der Waals surface area contributed by atoms with Crippen LogP contribution in [0.2, 0.25) is 0 Å². The number of anilines is 2. The van der Waals surface area contributed by atoms with Crippen molar-refractivity contribution in [3.63, 3.8) is 0 Å². The van der Waals surface area contributed by atoms with Gasteiger partial charge in [0.05, 0.1) is 12.2 Å². The lowest BCUT2D eigenvalue weighted by Gasteiger charge is -2.38. The van der Waals surface area contributed by atoms with Gasteiger partial charge in [0.2, 0.25) is 0 Å². The summed E-state index contributed by atoms with van der Waals surface area (Å²) >= 11 is 0. The first kappa shape index (κ1) is 18.5. The lowest BCUT2D eigenvalue weighted by Crippen LogP contribution is -2.46. The lowest BCUT2D eigenvalue weighted by molar-refractivity contribution is -0.00527. The molecule has 2 aliphatic rings. The number of benzene rings is 1. The molecular weight excluding hydrogens is 310 g/mol. The van der Waals surface area contributed by atoms with Crippen LogP contribution in [-0.4, -0.2) is 37.9 Å². The quantitative estimate of drug-likeness (QED) is 0.870. The highest BCUT2D eigenvalue weighted by atomic mass is 16.5. The number of hydrogen-bond donors (Lipinski definition) is 2. The highest BCUT2D eigenvalue weighted by Gasteiger charge is 2.25. The summed E-state index contributed by atoms with van der Waals surface area (Å²) in [6.45, 7) is 11.8. The molecule has 1 saturated heterocycles. The third kappa shape index (κ3) is 4.68. The Balaban J connectivity index is 1.65. The molecule has 0 aromatic heterocycles. The molecule has 0 bridgehead atoms. The Kier molecular flexibility index (Phi) is 5.90. The third-order valence-electron chi connectivity index (χ3n) is 5.71. The van der Waals surface area contributed by atoms with E-state index < -0.39 is 0 Å². The van der Waals surface area contributed by atoms with Gasteiger partial charge in [-0.2, -0.15) is 0 Å². The molecule has 1 aromatic carbocycles. The van der Waals surface area contributed by atoms with Gasteiger partial charge in [-0.1, -0.05) is 0 Å². The van der Waals surface area contributed by atoms with Crippen LogP contribution >= 0.6 is 0 Å². The Morgan fingerprint density at radius 3 is 2.16 bits per heavy atom. The van der Waals surface area contributed by atoms with E-state index in [1.54, 1.807) is 0 Å². The summed E-state index contributed by atoms with van der Waals surface area (Å²) in [6.07, 6.45) is 5.45. The third-order valence-corrected chi connectivity index (χ3v) is 5.71. The van der Waals surface area contributed by atoms with Gasteiger partial charge >= 0.3 is 0 Å². The van der Waals surface area contributed by atoms with Gasteiger partial charge in [-0.05, 0) is 82.6 Å². The number of nitrogens with two attached hydrogens (primary N) is 1. The van der Waals surface area contributed by atoms with E-state index in [0.717, 1.165) is 25.6 Å². The Morgan fingerprint density at radius 2 is 1.60 bits per heavy atom. The molecule has 25 heavy (non-hydrogen) atoms. The van der Waals surface area contributed by atoms with E-state index in [9.17, 15) is 0 Å². The van der Waals surface area contributed by atoms with Gasteiger partial charge in [-0.3, -0.25) is 0 Å². The van der Waals surface area contributed by atoms with Crippen molar-refractivity contribution in [3.8, 4) is 0 Å². The molecular formula is C21H35N3O. The summed E-state index contributed by atoms with van der Waals surface area (Å²) in [6, 6.07) is 5.04. The smallest absolute Gasteiger partial charge is 0.0726 e. The molecule has 2 atom stereocenters. The monoisotopic (exact) mass is 345 g/mol. The van der Waals surface area contributed by atoms with Crippen molar-refractivity contribution < 1.29 is 4.74 Å². The number of hydrogen-bond acceptors (Lipinski definition) is 4. The van der Waals surface area contributed by atoms with Crippen LogP contribution in [0.3, 0.4) is 0 Å². The normalized spacial score (nSPS) is 30.4. The summed E-state index contributed by atoms with van der Waals surface area (Å²) in [5, 5.41) is 3.67. The van der Waals surface area contributed by atoms with E-state index in [2.05, 4.69) is 50.0 Å². The summed E-state index contributed by atoms with van der Waals surface area (Å²) in [7, 11) is 0. The first-order valence-corrected chi connectivity index (χ1v) is 9.93. The van der Waals surface area contributed by atoms with Crippen molar-refractivity contribution in [2.45, 2.75) is 71.6 Å². The van der Waals surface area contributed by atoms with Crippen molar-refractivity contribution in [3.05, 3.63) is 23.3 Å². The molecule has 140 valence electrons. The zero-order valence-electron chi connectivity index (χ0n) is 16.3. The Labute approximate surface area is 153 Å². The van der Waals surface area contributed by atoms with E-state index in [-0.39, 0.29) is 12.2 Å². The summed E-state index contributed by atoms with van der Waals surface area (Å²) < 4.78 is 5.89. The van der Waals surface area contributed by atoms with Crippen LogP contribution in [0.5, 0.6) is 0 Å². The van der Waals surface area contributed by atoms with Crippen LogP contribution in [0.25, 0.3) is 0 Å². The molecule has 1 aromatic rings. The van der Waals surface area contributed by atoms with E-state index in [4.69, 9.17) is 10.5 Å². The van der Waals surface area contributed by atoms with Crippen molar-refractivity contribution in [2.24, 2.45) is 11.7 Å². The topological polar surface area (TPSA) is 50.5 Å².